The lowest BCUT2D eigenvalue weighted by Crippen LogP contribution is -2.14. The third-order valence-electron chi connectivity index (χ3n) is 2.71. The van der Waals surface area contributed by atoms with Crippen LogP contribution in [0.3, 0.4) is 0 Å². The highest BCUT2D eigenvalue weighted by Crippen LogP contribution is 2.21. The van der Waals surface area contributed by atoms with E-state index in [0.29, 0.717) is 25.5 Å². The number of rotatable bonds is 3. The Bertz CT molecular complexity index is 413. The largest absolute Gasteiger partial charge is 0.507 e. The first-order valence-corrected chi connectivity index (χ1v) is 5.50. The maximum absolute atomic E-state index is 11.7. The van der Waals surface area contributed by atoms with Crippen molar-refractivity contribution in [2.45, 2.75) is 6.42 Å². The second-order valence-electron chi connectivity index (χ2n) is 4.10. The van der Waals surface area contributed by atoms with E-state index in [9.17, 15) is 9.90 Å². The van der Waals surface area contributed by atoms with E-state index in [4.69, 9.17) is 15.2 Å². The number of aromatic hydroxyl groups is 1. The number of nitrogens with two attached hydrogens (primary N) is 1. The molecule has 5 heteroatoms. The van der Waals surface area contributed by atoms with Crippen LogP contribution in [-0.2, 0) is 9.47 Å². The highest BCUT2D eigenvalue weighted by Gasteiger charge is 2.19. The molecule has 1 fully saturated rings. The number of anilines is 1. The van der Waals surface area contributed by atoms with Crippen molar-refractivity contribution in [2.24, 2.45) is 5.92 Å². The van der Waals surface area contributed by atoms with E-state index >= 15 is 0 Å². The summed E-state index contributed by atoms with van der Waals surface area (Å²) in [6.07, 6.45) is 0.899. The number of hydrogen-bond acceptors (Lipinski definition) is 5. The van der Waals surface area contributed by atoms with Crippen molar-refractivity contribution < 1.29 is 19.4 Å². The van der Waals surface area contributed by atoms with E-state index in [1.54, 1.807) is 0 Å². The molecule has 3 N–H and O–H groups in total. The lowest BCUT2D eigenvalue weighted by molar-refractivity contribution is 0.0425. The van der Waals surface area contributed by atoms with E-state index in [2.05, 4.69) is 0 Å². The lowest BCUT2D eigenvalue weighted by Gasteiger charge is -2.10. The van der Waals surface area contributed by atoms with E-state index in [1.807, 2.05) is 0 Å². The van der Waals surface area contributed by atoms with E-state index in [-0.39, 0.29) is 17.2 Å². The highest BCUT2D eigenvalue weighted by molar-refractivity contribution is 5.93. The summed E-state index contributed by atoms with van der Waals surface area (Å²) in [5, 5.41) is 9.52. The summed E-state index contributed by atoms with van der Waals surface area (Å²) in [4.78, 5) is 11.7. The number of hydrogen-bond donors (Lipinski definition) is 2. The smallest absolute Gasteiger partial charge is 0.341 e. The molecular formula is C12H15NO4. The van der Waals surface area contributed by atoms with Gasteiger partial charge in [-0.15, -0.1) is 0 Å². The Kier molecular flexibility index (Phi) is 3.49. The van der Waals surface area contributed by atoms with E-state index in [0.717, 1.165) is 6.42 Å². The summed E-state index contributed by atoms with van der Waals surface area (Å²) in [6.45, 7) is 1.65. The number of phenols is 1. The quantitative estimate of drug-likeness (QED) is 0.468. The number of phenolic OH excluding ortho intramolecular Hbond substituents is 1. The summed E-state index contributed by atoms with van der Waals surface area (Å²) in [5.41, 5.74) is 6.06. The third kappa shape index (κ3) is 2.88. The Hall–Kier alpha value is -1.75. The van der Waals surface area contributed by atoms with Gasteiger partial charge in [0, 0.05) is 18.2 Å². The minimum absolute atomic E-state index is 0.101. The van der Waals surface area contributed by atoms with Crippen LogP contribution < -0.4 is 5.73 Å². The second kappa shape index (κ2) is 5.05. The molecule has 5 nitrogen and oxygen atoms in total. The molecular weight excluding hydrogens is 222 g/mol. The summed E-state index contributed by atoms with van der Waals surface area (Å²) in [6, 6.07) is 4.31. The van der Waals surface area contributed by atoms with Crippen LogP contribution in [0, 0.1) is 5.92 Å². The number of ether oxygens (including phenoxy) is 2. The molecule has 1 atom stereocenters. The molecule has 0 radical (unpaired) electrons. The Labute approximate surface area is 99.1 Å². The van der Waals surface area contributed by atoms with Crippen LogP contribution in [-0.4, -0.2) is 30.9 Å². The van der Waals surface area contributed by atoms with Crippen LogP contribution in [0.15, 0.2) is 18.2 Å². The van der Waals surface area contributed by atoms with Gasteiger partial charge in [0.15, 0.2) is 0 Å². The second-order valence-corrected chi connectivity index (χ2v) is 4.10. The van der Waals surface area contributed by atoms with Crippen molar-refractivity contribution in [3.05, 3.63) is 23.8 Å². The standard InChI is InChI=1S/C12H15NO4/c13-9-1-2-11(14)10(5-9)12(15)17-7-8-3-4-16-6-8/h1-2,5,8,14H,3-4,6-7,13H2. The van der Waals surface area contributed by atoms with Crippen molar-refractivity contribution in [1.82, 2.24) is 0 Å². The molecule has 92 valence electrons. The van der Waals surface area contributed by atoms with Gasteiger partial charge < -0.3 is 20.3 Å². The summed E-state index contributed by atoms with van der Waals surface area (Å²) in [7, 11) is 0. The van der Waals surface area contributed by atoms with E-state index in [1.165, 1.54) is 18.2 Å². The fourth-order valence-electron chi connectivity index (χ4n) is 1.70. The fraction of sp³-hybridized carbons (Fsp3) is 0.417. The van der Waals surface area contributed by atoms with Gasteiger partial charge in [-0.1, -0.05) is 0 Å². The summed E-state index contributed by atoms with van der Waals surface area (Å²) >= 11 is 0. The molecule has 0 amide bonds. The van der Waals surface area contributed by atoms with Gasteiger partial charge in [0.05, 0.1) is 13.2 Å². The molecule has 1 aliphatic rings. The van der Waals surface area contributed by atoms with Gasteiger partial charge in [-0.05, 0) is 24.6 Å². The van der Waals surface area contributed by atoms with Gasteiger partial charge >= 0.3 is 5.97 Å². The summed E-state index contributed by atoms with van der Waals surface area (Å²) < 4.78 is 10.3. The van der Waals surface area contributed by atoms with Crippen molar-refractivity contribution in [1.29, 1.82) is 0 Å². The first-order chi connectivity index (χ1) is 8.16. The minimum atomic E-state index is -0.554. The van der Waals surface area contributed by atoms with Crippen molar-refractivity contribution >= 4 is 11.7 Å². The zero-order chi connectivity index (χ0) is 12.3. The third-order valence-corrected chi connectivity index (χ3v) is 2.71. The lowest BCUT2D eigenvalue weighted by atomic mass is 10.1. The average Bonchev–Trinajstić information content (AvgIpc) is 2.82. The molecule has 0 bridgehead atoms. The highest BCUT2D eigenvalue weighted by atomic mass is 16.5. The zero-order valence-electron chi connectivity index (χ0n) is 9.39. The van der Waals surface area contributed by atoms with Gasteiger partial charge in [0.2, 0.25) is 0 Å². The maximum Gasteiger partial charge on any atom is 0.341 e. The number of esters is 1. The van der Waals surface area contributed by atoms with Gasteiger partial charge in [-0.3, -0.25) is 0 Å². The molecule has 1 aromatic rings. The molecule has 1 saturated heterocycles. The van der Waals surface area contributed by atoms with Gasteiger partial charge in [-0.2, -0.15) is 0 Å². The van der Waals surface area contributed by atoms with Crippen molar-refractivity contribution in [2.75, 3.05) is 25.6 Å². The zero-order valence-corrected chi connectivity index (χ0v) is 9.39. The van der Waals surface area contributed by atoms with Crippen LogP contribution in [0.5, 0.6) is 5.75 Å². The fourth-order valence-corrected chi connectivity index (χ4v) is 1.70. The van der Waals surface area contributed by atoms with Gasteiger partial charge in [0.1, 0.15) is 11.3 Å². The molecule has 0 aromatic heterocycles. The predicted octanol–water partition coefficient (Wildman–Crippen LogP) is 1.17. The Balaban J connectivity index is 1.96. The Morgan fingerprint density at radius 2 is 2.41 bits per heavy atom. The molecule has 1 aliphatic heterocycles. The predicted molar refractivity (Wildman–Crippen MR) is 61.7 cm³/mol. The first kappa shape index (κ1) is 11.7. The van der Waals surface area contributed by atoms with Crippen molar-refractivity contribution in [3.63, 3.8) is 0 Å². The molecule has 0 aliphatic carbocycles. The van der Waals surface area contributed by atoms with Crippen LogP contribution in [0.2, 0.25) is 0 Å². The first-order valence-electron chi connectivity index (χ1n) is 5.50. The molecule has 17 heavy (non-hydrogen) atoms. The van der Waals surface area contributed by atoms with Crippen LogP contribution in [0.4, 0.5) is 5.69 Å². The van der Waals surface area contributed by atoms with Crippen LogP contribution in [0.1, 0.15) is 16.8 Å². The van der Waals surface area contributed by atoms with Gasteiger partial charge in [0.25, 0.3) is 0 Å². The van der Waals surface area contributed by atoms with E-state index < -0.39 is 5.97 Å². The molecule has 2 rings (SSSR count). The summed E-state index contributed by atoms with van der Waals surface area (Å²) in [5.74, 6) is -0.421. The monoisotopic (exact) mass is 237 g/mol. The molecule has 1 unspecified atom stereocenters. The molecule has 1 aromatic carbocycles. The SMILES string of the molecule is Nc1ccc(O)c(C(=O)OCC2CCOC2)c1. The maximum atomic E-state index is 11.7. The van der Waals surface area contributed by atoms with Crippen LogP contribution >= 0.6 is 0 Å². The Morgan fingerprint density at radius 3 is 3.12 bits per heavy atom. The number of carbonyl (C=O) groups is 1. The van der Waals surface area contributed by atoms with Gasteiger partial charge in [-0.25, -0.2) is 4.79 Å². The topological polar surface area (TPSA) is 81.8 Å². The number of nitrogen functional groups attached to an aromatic ring is 1. The number of benzene rings is 1. The molecule has 0 saturated carbocycles. The van der Waals surface area contributed by atoms with Crippen LogP contribution in [0.25, 0.3) is 0 Å². The normalized spacial score (nSPS) is 19.2. The number of carbonyl (C=O) groups excluding carboxylic acids is 1. The molecule has 0 spiro atoms. The molecule has 1 heterocycles. The average molecular weight is 237 g/mol. The van der Waals surface area contributed by atoms with Crippen molar-refractivity contribution in [3.8, 4) is 5.75 Å². The Morgan fingerprint density at radius 1 is 1.59 bits per heavy atom. The minimum Gasteiger partial charge on any atom is -0.507 e.